The molecule has 2 N–H and O–H groups in total. The number of benzene rings is 2. The number of aromatic nitrogens is 2. The molecular formula is C25H25N3O2. The first-order chi connectivity index (χ1) is 14.6. The monoisotopic (exact) mass is 399 g/mol. The van der Waals surface area contributed by atoms with Crippen LogP contribution in [0.1, 0.15) is 35.2 Å². The zero-order valence-electron chi connectivity index (χ0n) is 17.4. The summed E-state index contributed by atoms with van der Waals surface area (Å²) in [6.45, 7) is 6.64. The molecule has 0 saturated heterocycles. The Morgan fingerprint density at radius 1 is 1.00 bits per heavy atom. The second-order valence-electron chi connectivity index (χ2n) is 7.33. The molecule has 2 aromatic carbocycles. The van der Waals surface area contributed by atoms with Crippen LogP contribution >= 0.6 is 0 Å². The molecule has 0 fully saturated rings. The van der Waals surface area contributed by atoms with Crippen LogP contribution in [0.4, 0.5) is 5.82 Å². The van der Waals surface area contributed by atoms with Crippen molar-refractivity contribution in [1.29, 1.82) is 0 Å². The molecule has 30 heavy (non-hydrogen) atoms. The maximum absolute atomic E-state index is 11.1. The van der Waals surface area contributed by atoms with E-state index in [0.29, 0.717) is 12.1 Å². The van der Waals surface area contributed by atoms with Crippen LogP contribution in [-0.2, 0) is 0 Å². The first kappa shape index (κ1) is 19.7. The highest BCUT2D eigenvalue weighted by atomic mass is 16.5. The number of anilines is 1. The minimum Gasteiger partial charge on any atom is -0.505 e. The van der Waals surface area contributed by atoms with E-state index in [0.717, 1.165) is 39.2 Å². The molecule has 0 aliphatic heterocycles. The summed E-state index contributed by atoms with van der Waals surface area (Å²) in [4.78, 5) is 8.84. The molecule has 0 spiro atoms. The molecule has 2 aromatic heterocycles. The van der Waals surface area contributed by atoms with Crippen molar-refractivity contribution in [2.24, 2.45) is 0 Å². The first-order valence-corrected chi connectivity index (χ1v) is 10.1. The molecule has 2 heterocycles. The molecule has 0 saturated carbocycles. The van der Waals surface area contributed by atoms with Crippen LogP contribution in [0, 0.1) is 13.8 Å². The van der Waals surface area contributed by atoms with Gasteiger partial charge in [-0.25, -0.2) is 4.98 Å². The number of hydrogen-bond acceptors (Lipinski definition) is 5. The molecule has 0 radical (unpaired) electrons. The summed E-state index contributed by atoms with van der Waals surface area (Å²) in [5.41, 5.74) is 4.48. The van der Waals surface area contributed by atoms with Gasteiger partial charge in [0, 0.05) is 23.3 Å². The standard InChI is InChI=1S/C25H25N3O2/c1-4-30-21-10-8-19(15-17(21)3)23(28-22-14-16(2)11-13-26-22)20-9-7-18-6-5-12-27-24(18)25(20)29/h5-15,23,29H,4H2,1-3H3,(H,26,28)/t23-/m1/s1. The quantitative estimate of drug-likeness (QED) is 0.445. The third kappa shape index (κ3) is 3.92. The molecule has 0 unspecified atom stereocenters. The van der Waals surface area contributed by atoms with Gasteiger partial charge in [-0.3, -0.25) is 4.98 Å². The van der Waals surface area contributed by atoms with Crippen molar-refractivity contribution in [3.8, 4) is 11.5 Å². The van der Waals surface area contributed by atoms with Crippen LogP contribution in [0.25, 0.3) is 10.9 Å². The molecule has 0 aliphatic carbocycles. The summed E-state index contributed by atoms with van der Waals surface area (Å²) < 4.78 is 5.70. The number of phenolic OH excluding ortho intramolecular Hbond substituents is 1. The average molecular weight is 399 g/mol. The fourth-order valence-corrected chi connectivity index (χ4v) is 3.65. The van der Waals surface area contributed by atoms with Gasteiger partial charge in [-0.05, 0) is 67.8 Å². The molecule has 5 nitrogen and oxygen atoms in total. The average Bonchev–Trinajstić information content (AvgIpc) is 2.75. The van der Waals surface area contributed by atoms with Crippen molar-refractivity contribution in [2.45, 2.75) is 26.8 Å². The van der Waals surface area contributed by atoms with E-state index in [-0.39, 0.29) is 11.8 Å². The number of nitrogens with zero attached hydrogens (tertiary/aromatic N) is 2. The number of ether oxygens (including phenoxy) is 1. The lowest BCUT2D eigenvalue weighted by atomic mass is 9.95. The third-order valence-electron chi connectivity index (χ3n) is 5.13. The molecule has 4 aromatic rings. The topological polar surface area (TPSA) is 67.3 Å². The van der Waals surface area contributed by atoms with Crippen molar-refractivity contribution < 1.29 is 9.84 Å². The maximum atomic E-state index is 11.1. The summed E-state index contributed by atoms with van der Waals surface area (Å²) in [6, 6.07) is 17.5. The summed E-state index contributed by atoms with van der Waals surface area (Å²) in [6.07, 6.45) is 3.47. The minimum atomic E-state index is -0.305. The Labute approximate surface area is 176 Å². The SMILES string of the molecule is CCOc1ccc([C@@H](Nc2cc(C)ccn2)c2ccc3cccnc3c2O)cc1C. The highest BCUT2D eigenvalue weighted by molar-refractivity contribution is 5.86. The van der Waals surface area contributed by atoms with Gasteiger partial charge in [0.05, 0.1) is 12.6 Å². The summed E-state index contributed by atoms with van der Waals surface area (Å²) in [5, 5.41) is 15.5. The number of aromatic hydroxyl groups is 1. The van der Waals surface area contributed by atoms with Crippen molar-refractivity contribution in [3.05, 3.63) is 89.2 Å². The number of nitrogens with one attached hydrogen (secondary N) is 1. The van der Waals surface area contributed by atoms with E-state index in [1.165, 1.54) is 0 Å². The van der Waals surface area contributed by atoms with Crippen LogP contribution < -0.4 is 10.1 Å². The normalized spacial score (nSPS) is 12.0. The molecule has 5 heteroatoms. The summed E-state index contributed by atoms with van der Waals surface area (Å²) >= 11 is 0. The lowest BCUT2D eigenvalue weighted by Gasteiger charge is -2.23. The molecule has 0 bridgehead atoms. The first-order valence-electron chi connectivity index (χ1n) is 10.1. The number of pyridine rings is 2. The van der Waals surface area contributed by atoms with Crippen molar-refractivity contribution in [1.82, 2.24) is 9.97 Å². The third-order valence-corrected chi connectivity index (χ3v) is 5.13. The smallest absolute Gasteiger partial charge is 0.147 e. The Kier molecular flexibility index (Phi) is 5.53. The Balaban J connectivity index is 1.84. The number of fused-ring (bicyclic) bond motifs is 1. The van der Waals surface area contributed by atoms with Gasteiger partial charge in [0.25, 0.3) is 0 Å². The predicted octanol–water partition coefficient (Wildman–Crippen LogP) is 5.55. The Morgan fingerprint density at radius 2 is 1.87 bits per heavy atom. The highest BCUT2D eigenvalue weighted by Crippen LogP contribution is 2.37. The van der Waals surface area contributed by atoms with Crippen molar-refractivity contribution in [2.75, 3.05) is 11.9 Å². The summed E-state index contributed by atoms with van der Waals surface area (Å²) in [5.74, 6) is 1.77. The van der Waals surface area contributed by atoms with Crippen LogP contribution in [0.15, 0.2) is 67.0 Å². The number of aryl methyl sites for hydroxylation is 2. The van der Waals surface area contributed by atoms with E-state index in [9.17, 15) is 5.11 Å². The van der Waals surface area contributed by atoms with Gasteiger partial charge in [-0.1, -0.05) is 24.3 Å². The lowest BCUT2D eigenvalue weighted by molar-refractivity contribution is 0.338. The Hall–Kier alpha value is -3.60. The maximum Gasteiger partial charge on any atom is 0.147 e. The fraction of sp³-hybridized carbons (Fsp3) is 0.200. The van der Waals surface area contributed by atoms with Crippen LogP contribution in [-0.4, -0.2) is 21.7 Å². The van der Waals surface area contributed by atoms with Crippen LogP contribution in [0.3, 0.4) is 0 Å². The molecule has 1 atom stereocenters. The van der Waals surface area contributed by atoms with Gasteiger partial charge in [0.15, 0.2) is 0 Å². The number of phenols is 1. The van der Waals surface area contributed by atoms with Gasteiger partial charge < -0.3 is 15.2 Å². The molecule has 4 rings (SSSR count). The van der Waals surface area contributed by atoms with E-state index in [4.69, 9.17) is 4.74 Å². The lowest BCUT2D eigenvalue weighted by Crippen LogP contribution is -2.14. The van der Waals surface area contributed by atoms with Crippen LogP contribution in [0.2, 0.25) is 0 Å². The number of hydrogen-bond donors (Lipinski definition) is 2. The van der Waals surface area contributed by atoms with E-state index in [2.05, 4.69) is 21.4 Å². The van der Waals surface area contributed by atoms with E-state index in [1.54, 1.807) is 12.4 Å². The Bertz CT molecular complexity index is 1190. The fourth-order valence-electron chi connectivity index (χ4n) is 3.65. The molecule has 152 valence electrons. The van der Waals surface area contributed by atoms with Crippen molar-refractivity contribution >= 4 is 16.7 Å². The van der Waals surface area contributed by atoms with Gasteiger partial charge in [-0.2, -0.15) is 0 Å². The van der Waals surface area contributed by atoms with Crippen LogP contribution in [0.5, 0.6) is 11.5 Å². The molecule has 0 amide bonds. The van der Waals surface area contributed by atoms with E-state index < -0.39 is 0 Å². The van der Waals surface area contributed by atoms with E-state index >= 15 is 0 Å². The zero-order valence-corrected chi connectivity index (χ0v) is 17.4. The molecular weight excluding hydrogens is 374 g/mol. The number of rotatable bonds is 6. The van der Waals surface area contributed by atoms with Gasteiger partial charge in [-0.15, -0.1) is 0 Å². The highest BCUT2D eigenvalue weighted by Gasteiger charge is 2.21. The minimum absolute atomic E-state index is 0.171. The van der Waals surface area contributed by atoms with Gasteiger partial charge >= 0.3 is 0 Å². The van der Waals surface area contributed by atoms with Gasteiger partial charge in [0.1, 0.15) is 22.8 Å². The zero-order chi connectivity index (χ0) is 21.1. The van der Waals surface area contributed by atoms with E-state index in [1.807, 2.05) is 69.3 Å². The largest absolute Gasteiger partial charge is 0.505 e. The van der Waals surface area contributed by atoms with Gasteiger partial charge in [0.2, 0.25) is 0 Å². The Morgan fingerprint density at radius 3 is 2.63 bits per heavy atom. The predicted molar refractivity (Wildman–Crippen MR) is 120 cm³/mol. The van der Waals surface area contributed by atoms with Crippen molar-refractivity contribution in [3.63, 3.8) is 0 Å². The molecule has 0 aliphatic rings. The summed E-state index contributed by atoms with van der Waals surface area (Å²) in [7, 11) is 0. The second-order valence-corrected chi connectivity index (χ2v) is 7.33. The second kappa shape index (κ2) is 8.41.